The summed E-state index contributed by atoms with van der Waals surface area (Å²) < 4.78 is 5.67. The van der Waals surface area contributed by atoms with Gasteiger partial charge in [-0.15, -0.1) is 0 Å². The molecule has 2 atom stereocenters. The molecule has 2 fully saturated rings. The van der Waals surface area contributed by atoms with Gasteiger partial charge < -0.3 is 20.1 Å². The molecular formula is C22H28N4O3. The number of piperidine rings is 1. The Morgan fingerprint density at radius 1 is 1.17 bits per heavy atom. The van der Waals surface area contributed by atoms with Gasteiger partial charge in [-0.25, -0.2) is 9.78 Å². The van der Waals surface area contributed by atoms with Crippen LogP contribution in [0.25, 0.3) is 0 Å². The number of para-hydroxylation sites is 1. The molecule has 2 N–H and O–H groups in total. The van der Waals surface area contributed by atoms with Gasteiger partial charge in [0, 0.05) is 19.3 Å². The van der Waals surface area contributed by atoms with Crippen molar-refractivity contribution in [2.75, 3.05) is 36.5 Å². The third-order valence-electron chi connectivity index (χ3n) is 5.99. The standard InChI is InChI=1S/C22H28N4O3/c27-21(28)19-14-24-22(26-12-10-16-6-4-5-7-17(16)15-26)25-20(19)23-11-13-29-18-8-2-1-3-9-18/h1-3,8-9,14,16-17H,4-7,10-13,15H2,(H,27,28)(H,23,24,25). The summed E-state index contributed by atoms with van der Waals surface area (Å²) in [5.41, 5.74) is 0.0843. The van der Waals surface area contributed by atoms with E-state index >= 15 is 0 Å². The summed E-state index contributed by atoms with van der Waals surface area (Å²) in [6.07, 6.45) is 7.86. The van der Waals surface area contributed by atoms with E-state index in [9.17, 15) is 9.90 Å². The van der Waals surface area contributed by atoms with Crippen molar-refractivity contribution >= 4 is 17.7 Å². The van der Waals surface area contributed by atoms with Crippen LogP contribution in [0.4, 0.5) is 11.8 Å². The first-order valence-corrected chi connectivity index (χ1v) is 10.5. The number of anilines is 2. The van der Waals surface area contributed by atoms with Crippen molar-refractivity contribution in [3.05, 3.63) is 42.1 Å². The van der Waals surface area contributed by atoms with Crippen LogP contribution in [-0.2, 0) is 0 Å². The van der Waals surface area contributed by atoms with Gasteiger partial charge in [0.2, 0.25) is 5.95 Å². The number of fused-ring (bicyclic) bond motifs is 1. The molecule has 0 spiro atoms. The Labute approximate surface area is 171 Å². The topological polar surface area (TPSA) is 87.6 Å². The van der Waals surface area contributed by atoms with Crippen molar-refractivity contribution in [3.8, 4) is 5.75 Å². The van der Waals surface area contributed by atoms with Crippen molar-refractivity contribution in [3.63, 3.8) is 0 Å². The molecule has 7 heteroatoms. The van der Waals surface area contributed by atoms with Crippen LogP contribution in [0.2, 0.25) is 0 Å². The Kier molecular flexibility index (Phi) is 6.12. The molecular weight excluding hydrogens is 368 g/mol. The maximum Gasteiger partial charge on any atom is 0.341 e. The highest BCUT2D eigenvalue weighted by molar-refractivity contribution is 5.92. The Hall–Kier alpha value is -2.83. The van der Waals surface area contributed by atoms with Gasteiger partial charge in [0.05, 0.1) is 6.54 Å². The number of nitrogens with zero attached hydrogens (tertiary/aromatic N) is 3. The van der Waals surface area contributed by atoms with Crippen LogP contribution >= 0.6 is 0 Å². The average molecular weight is 396 g/mol. The second kappa shape index (κ2) is 9.11. The molecule has 1 aliphatic heterocycles. The van der Waals surface area contributed by atoms with Gasteiger partial charge in [0.1, 0.15) is 23.7 Å². The number of nitrogens with one attached hydrogen (secondary N) is 1. The molecule has 1 saturated heterocycles. The van der Waals surface area contributed by atoms with Gasteiger partial charge >= 0.3 is 5.97 Å². The van der Waals surface area contributed by atoms with Crippen molar-refractivity contribution in [1.82, 2.24) is 9.97 Å². The number of carboxylic acids is 1. The Bertz CT molecular complexity index is 830. The van der Waals surface area contributed by atoms with Gasteiger partial charge in [0.25, 0.3) is 0 Å². The zero-order valence-corrected chi connectivity index (χ0v) is 16.6. The molecule has 1 aromatic carbocycles. The highest BCUT2D eigenvalue weighted by Gasteiger charge is 2.32. The van der Waals surface area contributed by atoms with E-state index in [2.05, 4.69) is 20.2 Å². The number of carbonyl (C=O) groups is 1. The fraction of sp³-hybridized carbons (Fsp3) is 0.500. The minimum atomic E-state index is -1.03. The summed E-state index contributed by atoms with van der Waals surface area (Å²) in [4.78, 5) is 22.7. The number of ether oxygens (including phenoxy) is 1. The fourth-order valence-corrected chi connectivity index (χ4v) is 4.45. The first-order valence-electron chi connectivity index (χ1n) is 10.5. The van der Waals surface area contributed by atoms with Crippen LogP contribution < -0.4 is 15.0 Å². The van der Waals surface area contributed by atoms with Crippen molar-refractivity contribution in [2.45, 2.75) is 32.1 Å². The normalized spacial score (nSPS) is 21.3. The summed E-state index contributed by atoms with van der Waals surface area (Å²) in [5, 5.41) is 12.6. The van der Waals surface area contributed by atoms with Gasteiger partial charge in [-0.05, 0) is 36.8 Å². The largest absolute Gasteiger partial charge is 0.492 e. The number of rotatable bonds is 7. The van der Waals surface area contributed by atoms with Crippen LogP contribution in [0, 0.1) is 11.8 Å². The second-order valence-electron chi connectivity index (χ2n) is 7.87. The average Bonchev–Trinajstić information content (AvgIpc) is 2.77. The third kappa shape index (κ3) is 4.78. The highest BCUT2D eigenvalue weighted by atomic mass is 16.5. The highest BCUT2D eigenvalue weighted by Crippen LogP contribution is 2.37. The van der Waals surface area contributed by atoms with Crippen LogP contribution in [0.15, 0.2) is 36.5 Å². The quantitative estimate of drug-likeness (QED) is 0.690. The van der Waals surface area contributed by atoms with E-state index in [-0.39, 0.29) is 5.56 Å². The molecule has 2 aliphatic rings. The van der Waals surface area contributed by atoms with Crippen LogP contribution in [0.5, 0.6) is 5.75 Å². The van der Waals surface area contributed by atoms with E-state index in [0.717, 1.165) is 24.8 Å². The summed E-state index contributed by atoms with van der Waals surface area (Å²) in [6, 6.07) is 9.54. The summed E-state index contributed by atoms with van der Waals surface area (Å²) >= 11 is 0. The number of aromatic nitrogens is 2. The van der Waals surface area contributed by atoms with Crippen LogP contribution in [-0.4, -0.2) is 47.3 Å². The number of hydrogen-bond donors (Lipinski definition) is 2. The van der Waals surface area contributed by atoms with Crippen LogP contribution in [0.3, 0.4) is 0 Å². The molecule has 2 heterocycles. The molecule has 0 bridgehead atoms. The summed E-state index contributed by atoms with van der Waals surface area (Å²) in [5.74, 6) is 2.25. The molecule has 2 aromatic rings. The van der Waals surface area contributed by atoms with Crippen molar-refractivity contribution < 1.29 is 14.6 Å². The predicted octanol–water partition coefficient (Wildman–Crippen LogP) is 3.68. The summed E-state index contributed by atoms with van der Waals surface area (Å²) in [7, 11) is 0. The van der Waals surface area contributed by atoms with E-state index < -0.39 is 5.97 Å². The second-order valence-corrected chi connectivity index (χ2v) is 7.87. The lowest BCUT2D eigenvalue weighted by Crippen LogP contribution is -2.42. The number of hydrogen-bond acceptors (Lipinski definition) is 6. The predicted molar refractivity (Wildman–Crippen MR) is 112 cm³/mol. The molecule has 0 amide bonds. The Balaban J connectivity index is 1.41. The fourth-order valence-electron chi connectivity index (χ4n) is 4.45. The summed E-state index contributed by atoms with van der Waals surface area (Å²) in [6.45, 7) is 2.77. The smallest absolute Gasteiger partial charge is 0.341 e. The molecule has 154 valence electrons. The van der Waals surface area contributed by atoms with Gasteiger partial charge in [-0.3, -0.25) is 0 Å². The molecule has 2 unspecified atom stereocenters. The monoisotopic (exact) mass is 396 g/mol. The number of benzene rings is 1. The number of aromatic carboxylic acids is 1. The van der Waals surface area contributed by atoms with Crippen molar-refractivity contribution in [1.29, 1.82) is 0 Å². The first-order chi connectivity index (χ1) is 14.2. The zero-order chi connectivity index (χ0) is 20.1. The Morgan fingerprint density at radius 2 is 1.97 bits per heavy atom. The SMILES string of the molecule is O=C(O)c1cnc(N2CCC3CCCCC3C2)nc1NCCOc1ccccc1. The number of carboxylic acid groups (broad SMARTS) is 1. The maximum absolute atomic E-state index is 11.6. The van der Waals surface area contributed by atoms with E-state index in [0.29, 0.717) is 30.8 Å². The minimum Gasteiger partial charge on any atom is -0.492 e. The van der Waals surface area contributed by atoms with Crippen molar-refractivity contribution in [2.24, 2.45) is 11.8 Å². The molecule has 7 nitrogen and oxygen atoms in total. The molecule has 1 aromatic heterocycles. The lowest BCUT2D eigenvalue weighted by atomic mass is 9.75. The molecule has 1 aliphatic carbocycles. The molecule has 4 rings (SSSR count). The zero-order valence-electron chi connectivity index (χ0n) is 16.6. The van der Waals surface area contributed by atoms with Gasteiger partial charge in [0.15, 0.2) is 0 Å². The van der Waals surface area contributed by atoms with E-state index in [1.54, 1.807) is 0 Å². The minimum absolute atomic E-state index is 0.0843. The first kappa shape index (κ1) is 19.5. The Morgan fingerprint density at radius 3 is 2.76 bits per heavy atom. The maximum atomic E-state index is 11.6. The lowest BCUT2D eigenvalue weighted by molar-refractivity contribution is 0.0697. The van der Waals surface area contributed by atoms with E-state index in [4.69, 9.17) is 4.74 Å². The van der Waals surface area contributed by atoms with Gasteiger partial charge in [-0.1, -0.05) is 37.5 Å². The molecule has 29 heavy (non-hydrogen) atoms. The lowest BCUT2D eigenvalue weighted by Gasteiger charge is -2.41. The van der Waals surface area contributed by atoms with E-state index in [1.807, 2.05) is 30.3 Å². The molecule has 1 saturated carbocycles. The van der Waals surface area contributed by atoms with Crippen LogP contribution in [0.1, 0.15) is 42.5 Å². The molecule has 0 radical (unpaired) electrons. The third-order valence-corrected chi connectivity index (χ3v) is 5.99. The van der Waals surface area contributed by atoms with Gasteiger partial charge in [-0.2, -0.15) is 4.98 Å². The van der Waals surface area contributed by atoms with E-state index in [1.165, 1.54) is 38.3 Å².